The van der Waals surface area contributed by atoms with Gasteiger partial charge in [-0.25, -0.2) is 9.37 Å². The lowest BCUT2D eigenvalue weighted by Crippen LogP contribution is -2.16. The Labute approximate surface area is 164 Å². The van der Waals surface area contributed by atoms with Crippen LogP contribution in [0.2, 0.25) is 5.02 Å². The van der Waals surface area contributed by atoms with E-state index in [1.165, 1.54) is 7.11 Å². The number of hydrogen-bond acceptors (Lipinski definition) is 3. The average Bonchev–Trinajstić information content (AvgIpc) is 2.69. The van der Waals surface area contributed by atoms with Gasteiger partial charge < -0.3 is 9.64 Å². The van der Waals surface area contributed by atoms with Gasteiger partial charge in [0, 0.05) is 31.2 Å². The Morgan fingerprint density at radius 3 is 2.59 bits per heavy atom. The number of benzene rings is 2. The summed E-state index contributed by atoms with van der Waals surface area (Å²) in [5.74, 6) is 1.08. The second kappa shape index (κ2) is 8.40. The summed E-state index contributed by atoms with van der Waals surface area (Å²) < 4.78 is 20.7. The molecule has 0 aliphatic carbocycles. The highest BCUT2D eigenvalue weighted by atomic mass is 35.5. The van der Waals surface area contributed by atoms with E-state index in [4.69, 9.17) is 16.3 Å². The third-order valence-corrected chi connectivity index (χ3v) is 4.82. The standard InChI is InChI=1S/C22H22ClFN2O/c1-4-26(2)20-11-8-15(14-25-20)12-17-9-10-19(27-3)21(22(17)24)16-6-5-7-18(23)13-16/h5-11,13-14H,4,12H2,1-3H3. The van der Waals surface area contributed by atoms with Crippen molar-refractivity contribution in [3.05, 3.63) is 76.7 Å². The molecule has 1 heterocycles. The minimum atomic E-state index is -0.300. The van der Waals surface area contributed by atoms with Gasteiger partial charge in [0.05, 0.1) is 12.7 Å². The summed E-state index contributed by atoms with van der Waals surface area (Å²) >= 11 is 6.09. The van der Waals surface area contributed by atoms with E-state index in [9.17, 15) is 0 Å². The molecular formula is C22H22ClFN2O. The van der Waals surface area contributed by atoms with Crippen molar-refractivity contribution in [3.8, 4) is 16.9 Å². The van der Waals surface area contributed by atoms with Crippen LogP contribution in [0.4, 0.5) is 10.2 Å². The highest BCUT2D eigenvalue weighted by molar-refractivity contribution is 6.30. The highest BCUT2D eigenvalue weighted by Crippen LogP contribution is 2.36. The van der Waals surface area contributed by atoms with Crippen LogP contribution in [-0.4, -0.2) is 25.7 Å². The van der Waals surface area contributed by atoms with E-state index in [0.717, 1.165) is 17.9 Å². The molecule has 0 atom stereocenters. The number of ether oxygens (including phenoxy) is 1. The molecule has 0 aliphatic heterocycles. The van der Waals surface area contributed by atoms with E-state index in [2.05, 4.69) is 16.8 Å². The van der Waals surface area contributed by atoms with Gasteiger partial charge >= 0.3 is 0 Å². The van der Waals surface area contributed by atoms with Crippen molar-refractivity contribution in [1.29, 1.82) is 0 Å². The van der Waals surface area contributed by atoms with E-state index >= 15 is 4.39 Å². The molecular weight excluding hydrogens is 363 g/mol. The number of hydrogen-bond donors (Lipinski definition) is 0. The number of halogens is 2. The van der Waals surface area contributed by atoms with E-state index in [1.807, 2.05) is 25.2 Å². The van der Waals surface area contributed by atoms with Gasteiger partial charge in [0.2, 0.25) is 0 Å². The fraction of sp³-hybridized carbons (Fsp3) is 0.227. The van der Waals surface area contributed by atoms with Gasteiger partial charge in [0.1, 0.15) is 17.4 Å². The van der Waals surface area contributed by atoms with Gasteiger partial charge in [0.25, 0.3) is 0 Å². The summed E-state index contributed by atoms with van der Waals surface area (Å²) in [7, 11) is 3.53. The van der Waals surface area contributed by atoms with Crippen molar-refractivity contribution >= 4 is 17.4 Å². The first kappa shape index (κ1) is 19.2. The van der Waals surface area contributed by atoms with Crippen LogP contribution in [0.25, 0.3) is 11.1 Å². The summed E-state index contributed by atoms with van der Waals surface area (Å²) in [6.45, 7) is 2.95. The molecule has 0 saturated carbocycles. The Kier molecular flexibility index (Phi) is 5.97. The molecule has 0 bridgehead atoms. The Morgan fingerprint density at radius 1 is 1.15 bits per heavy atom. The Bertz CT molecular complexity index is 928. The van der Waals surface area contributed by atoms with Gasteiger partial charge in [-0.05, 0) is 47.9 Å². The molecule has 2 aromatic carbocycles. The maximum Gasteiger partial charge on any atom is 0.138 e. The summed E-state index contributed by atoms with van der Waals surface area (Å²) in [5, 5.41) is 0.555. The highest BCUT2D eigenvalue weighted by Gasteiger charge is 2.17. The summed E-state index contributed by atoms with van der Waals surface area (Å²) in [6, 6.07) is 14.6. The second-order valence-corrected chi connectivity index (χ2v) is 6.78. The molecule has 0 N–H and O–H groups in total. The Morgan fingerprint density at radius 2 is 1.96 bits per heavy atom. The number of aromatic nitrogens is 1. The first-order valence-electron chi connectivity index (χ1n) is 8.80. The second-order valence-electron chi connectivity index (χ2n) is 6.34. The topological polar surface area (TPSA) is 25.4 Å². The summed E-state index contributed by atoms with van der Waals surface area (Å²) in [5.41, 5.74) is 2.65. The van der Waals surface area contributed by atoms with Crippen molar-refractivity contribution in [2.24, 2.45) is 0 Å². The molecule has 0 saturated heterocycles. The summed E-state index contributed by atoms with van der Waals surface area (Å²) in [6.07, 6.45) is 2.25. The average molecular weight is 385 g/mol. The molecule has 0 amide bonds. The van der Waals surface area contributed by atoms with Gasteiger partial charge in [-0.15, -0.1) is 0 Å². The largest absolute Gasteiger partial charge is 0.496 e. The van der Waals surface area contributed by atoms with Gasteiger partial charge in [-0.3, -0.25) is 0 Å². The molecule has 140 valence electrons. The maximum atomic E-state index is 15.3. The van der Waals surface area contributed by atoms with E-state index < -0.39 is 0 Å². The first-order valence-corrected chi connectivity index (χ1v) is 9.18. The number of anilines is 1. The zero-order valence-corrected chi connectivity index (χ0v) is 16.4. The van der Waals surface area contributed by atoms with E-state index in [-0.39, 0.29) is 5.82 Å². The minimum Gasteiger partial charge on any atom is -0.496 e. The predicted octanol–water partition coefficient (Wildman–Crippen LogP) is 5.60. The van der Waals surface area contributed by atoms with Crippen LogP contribution in [-0.2, 0) is 6.42 Å². The van der Waals surface area contributed by atoms with Crippen molar-refractivity contribution in [1.82, 2.24) is 4.98 Å². The van der Waals surface area contributed by atoms with Crippen molar-refractivity contribution < 1.29 is 9.13 Å². The van der Waals surface area contributed by atoms with Gasteiger partial charge in [0.15, 0.2) is 0 Å². The van der Waals surface area contributed by atoms with Crippen LogP contribution in [0.1, 0.15) is 18.1 Å². The SMILES string of the molecule is CCN(C)c1ccc(Cc2ccc(OC)c(-c3cccc(Cl)c3)c2F)cn1. The maximum absolute atomic E-state index is 15.3. The number of rotatable bonds is 6. The number of nitrogens with zero attached hydrogens (tertiary/aromatic N) is 2. The fourth-order valence-electron chi connectivity index (χ4n) is 2.95. The number of methoxy groups -OCH3 is 1. The van der Waals surface area contributed by atoms with Crippen LogP contribution in [0.3, 0.4) is 0 Å². The minimum absolute atomic E-state index is 0.300. The molecule has 1 aromatic heterocycles. The molecule has 5 heteroatoms. The van der Waals surface area contributed by atoms with Crippen LogP contribution in [0.15, 0.2) is 54.7 Å². The lowest BCUT2D eigenvalue weighted by Gasteiger charge is -2.16. The third-order valence-electron chi connectivity index (χ3n) is 4.59. The van der Waals surface area contributed by atoms with E-state index in [0.29, 0.717) is 33.9 Å². The van der Waals surface area contributed by atoms with Crippen molar-refractivity contribution in [2.75, 3.05) is 25.6 Å². The van der Waals surface area contributed by atoms with E-state index in [1.54, 1.807) is 36.5 Å². The van der Waals surface area contributed by atoms with Crippen LogP contribution in [0.5, 0.6) is 5.75 Å². The monoisotopic (exact) mass is 384 g/mol. The lowest BCUT2D eigenvalue weighted by molar-refractivity contribution is 0.413. The van der Waals surface area contributed by atoms with Gasteiger partial charge in [-0.2, -0.15) is 0 Å². The molecule has 0 spiro atoms. The zero-order chi connectivity index (χ0) is 19.4. The molecule has 0 radical (unpaired) electrons. The first-order chi connectivity index (χ1) is 13.0. The molecule has 0 aliphatic rings. The molecule has 3 aromatic rings. The smallest absolute Gasteiger partial charge is 0.138 e. The fourth-order valence-corrected chi connectivity index (χ4v) is 3.14. The molecule has 0 fully saturated rings. The summed E-state index contributed by atoms with van der Waals surface area (Å²) in [4.78, 5) is 6.51. The van der Waals surface area contributed by atoms with Crippen LogP contribution < -0.4 is 9.64 Å². The number of pyridine rings is 1. The molecule has 27 heavy (non-hydrogen) atoms. The lowest BCUT2D eigenvalue weighted by atomic mass is 9.97. The van der Waals surface area contributed by atoms with Crippen molar-refractivity contribution in [3.63, 3.8) is 0 Å². The third kappa shape index (κ3) is 4.22. The predicted molar refractivity (Wildman–Crippen MR) is 109 cm³/mol. The van der Waals surface area contributed by atoms with Crippen molar-refractivity contribution in [2.45, 2.75) is 13.3 Å². The zero-order valence-electron chi connectivity index (χ0n) is 15.7. The quantitative estimate of drug-likeness (QED) is 0.553. The Balaban J connectivity index is 1.96. The Hall–Kier alpha value is -2.59. The van der Waals surface area contributed by atoms with Crippen LogP contribution >= 0.6 is 11.6 Å². The molecule has 0 unspecified atom stereocenters. The van der Waals surface area contributed by atoms with Gasteiger partial charge in [-0.1, -0.05) is 35.9 Å². The molecule has 3 rings (SSSR count). The van der Waals surface area contributed by atoms with Crippen LogP contribution in [0, 0.1) is 5.82 Å². The normalized spacial score (nSPS) is 10.7. The molecule has 3 nitrogen and oxygen atoms in total.